The molecule has 9 heteroatoms. The fraction of sp³-hybridized carbons (Fsp3) is 0.875. The van der Waals surface area contributed by atoms with Crippen molar-refractivity contribution in [1.29, 1.82) is 0 Å². The van der Waals surface area contributed by atoms with Gasteiger partial charge in [0.1, 0.15) is 29.8 Å². The number of aliphatic carboxylic acids is 1. The molecule has 0 radical (unpaired) electrons. The zero-order valence-corrected chi connectivity index (χ0v) is 15.4. The molecule has 2 aliphatic heterocycles. The van der Waals surface area contributed by atoms with E-state index in [1.807, 2.05) is 0 Å². The van der Waals surface area contributed by atoms with Crippen LogP contribution in [-0.2, 0) is 28.5 Å². The van der Waals surface area contributed by atoms with Gasteiger partial charge in [-0.15, -0.1) is 0 Å². The van der Waals surface area contributed by atoms with E-state index < -0.39 is 54.0 Å². The van der Waals surface area contributed by atoms with Gasteiger partial charge in [-0.1, -0.05) is 0 Å². The van der Waals surface area contributed by atoms with Crippen molar-refractivity contribution in [2.75, 3.05) is 13.7 Å². The lowest BCUT2D eigenvalue weighted by molar-refractivity contribution is -0.223. The Morgan fingerprint density at radius 3 is 2.44 bits per heavy atom. The molecule has 0 saturated carbocycles. The van der Waals surface area contributed by atoms with Crippen molar-refractivity contribution in [3.8, 4) is 0 Å². The topological polar surface area (TPSA) is 113 Å². The molecule has 25 heavy (non-hydrogen) atoms. The molecule has 5 atom stereocenters. The largest absolute Gasteiger partial charge is 0.481 e. The summed E-state index contributed by atoms with van der Waals surface area (Å²) < 4.78 is 27.6. The minimum absolute atomic E-state index is 0.169. The summed E-state index contributed by atoms with van der Waals surface area (Å²) in [6.45, 7) is 8.49. The SMILES string of the molecule is CO[C@@H]1[C@H]2OC(C)(C)O[C@H]2O[C@@H]1C(CNC(=O)OC(C)(C)C)C(=O)O. The fourth-order valence-electron chi connectivity index (χ4n) is 2.95. The number of hydrogen-bond acceptors (Lipinski definition) is 7. The van der Waals surface area contributed by atoms with Crippen LogP contribution >= 0.6 is 0 Å². The van der Waals surface area contributed by atoms with E-state index in [2.05, 4.69) is 5.32 Å². The van der Waals surface area contributed by atoms with Crippen LogP contribution in [0.1, 0.15) is 34.6 Å². The smallest absolute Gasteiger partial charge is 0.407 e. The van der Waals surface area contributed by atoms with E-state index in [1.54, 1.807) is 34.6 Å². The third kappa shape index (κ3) is 4.81. The van der Waals surface area contributed by atoms with Gasteiger partial charge in [0.05, 0.1) is 0 Å². The highest BCUT2D eigenvalue weighted by molar-refractivity contribution is 5.73. The lowest BCUT2D eigenvalue weighted by Gasteiger charge is -2.28. The van der Waals surface area contributed by atoms with Gasteiger partial charge in [0, 0.05) is 13.7 Å². The van der Waals surface area contributed by atoms with E-state index in [-0.39, 0.29) is 6.54 Å². The second-order valence-electron chi connectivity index (χ2n) is 7.60. The van der Waals surface area contributed by atoms with Gasteiger partial charge in [0.25, 0.3) is 0 Å². The van der Waals surface area contributed by atoms with Crippen molar-refractivity contribution in [3.05, 3.63) is 0 Å². The Balaban J connectivity index is 2.03. The molecule has 0 aliphatic carbocycles. The summed E-state index contributed by atoms with van der Waals surface area (Å²) in [5.41, 5.74) is -0.675. The van der Waals surface area contributed by atoms with Crippen molar-refractivity contribution < 1.29 is 38.4 Å². The van der Waals surface area contributed by atoms with Gasteiger partial charge in [-0.25, -0.2) is 4.79 Å². The average Bonchev–Trinajstić information content (AvgIpc) is 2.87. The van der Waals surface area contributed by atoms with Crippen LogP contribution in [0.3, 0.4) is 0 Å². The maximum atomic E-state index is 11.8. The highest BCUT2D eigenvalue weighted by Gasteiger charge is 2.57. The van der Waals surface area contributed by atoms with Crippen molar-refractivity contribution in [3.63, 3.8) is 0 Å². The second-order valence-corrected chi connectivity index (χ2v) is 7.60. The molecule has 2 fully saturated rings. The van der Waals surface area contributed by atoms with Crippen LogP contribution in [0.25, 0.3) is 0 Å². The van der Waals surface area contributed by atoms with Crippen LogP contribution < -0.4 is 5.32 Å². The molecule has 0 aromatic rings. The molecule has 2 heterocycles. The highest BCUT2D eigenvalue weighted by Crippen LogP contribution is 2.40. The van der Waals surface area contributed by atoms with Gasteiger partial charge in [-0.2, -0.15) is 0 Å². The molecule has 2 rings (SSSR count). The lowest BCUT2D eigenvalue weighted by atomic mass is 9.96. The van der Waals surface area contributed by atoms with E-state index in [4.69, 9.17) is 23.7 Å². The Morgan fingerprint density at radius 2 is 1.92 bits per heavy atom. The summed E-state index contributed by atoms with van der Waals surface area (Å²) >= 11 is 0. The number of carboxylic acid groups (broad SMARTS) is 1. The minimum atomic E-state index is -1.12. The predicted molar refractivity (Wildman–Crippen MR) is 84.9 cm³/mol. The van der Waals surface area contributed by atoms with Crippen LogP contribution in [0.15, 0.2) is 0 Å². The first-order chi connectivity index (χ1) is 11.4. The molecule has 2 saturated heterocycles. The Kier molecular flexibility index (Phi) is 5.62. The first-order valence-electron chi connectivity index (χ1n) is 8.17. The Hall–Kier alpha value is -1.42. The zero-order valence-electron chi connectivity index (χ0n) is 15.4. The van der Waals surface area contributed by atoms with E-state index >= 15 is 0 Å². The minimum Gasteiger partial charge on any atom is -0.481 e. The van der Waals surface area contributed by atoms with Gasteiger partial charge in [-0.05, 0) is 34.6 Å². The Bertz CT molecular complexity index is 515. The maximum absolute atomic E-state index is 11.8. The molecule has 1 unspecified atom stereocenters. The molecule has 1 amide bonds. The maximum Gasteiger partial charge on any atom is 0.407 e. The first-order valence-corrected chi connectivity index (χ1v) is 8.17. The molecule has 144 valence electrons. The van der Waals surface area contributed by atoms with Crippen LogP contribution in [0.4, 0.5) is 4.79 Å². The van der Waals surface area contributed by atoms with E-state index in [1.165, 1.54) is 7.11 Å². The third-order valence-corrected chi connectivity index (χ3v) is 3.88. The summed E-state index contributed by atoms with van der Waals surface area (Å²) in [5, 5.41) is 12.0. The van der Waals surface area contributed by atoms with Crippen LogP contribution in [0.5, 0.6) is 0 Å². The summed E-state index contributed by atoms with van der Waals surface area (Å²) in [7, 11) is 1.46. The monoisotopic (exact) mass is 361 g/mol. The average molecular weight is 361 g/mol. The molecule has 9 nitrogen and oxygen atoms in total. The zero-order chi connectivity index (χ0) is 19.0. The third-order valence-electron chi connectivity index (χ3n) is 3.88. The summed E-state index contributed by atoms with van der Waals surface area (Å²) in [5.74, 6) is -2.99. The number of methoxy groups -OCH3 is 1. The van der Waals surface area contributed by atoms with E-state index in [0.29, 0.717) is 0 Å². The van der Waals surface area contributed by atoms with Gasteiger partial charge >= 0.3 is 12.1 Å². The Morgan fingerprint density at radius 1 is 1.28 bits per heavy atom. The van der Waals surface area contributed by atoms with Crippen molar-refractivity contribution in [2.45, 2.75) is 70.6 Å². The molecule has 2 N–H and O–H groups in total. The number of fused-ring (bicyclic) bond motifs is 1. The van der Waals surface area contributed by atoms with Crippen LogP contribution in [0, 0.1) is 5.92 Å². The lowest BCUT2D eigenvalue weighted by Crippen LogP contribution is -2.47. The predicted octanol–water partition coefficient (Wildman–Crippen LogP) is 1.10. The molecular weight excluding hydrogens is 334 g/mol. The second kappa shape index (κ2) is 7.06. The number of carbonyl (C=O) groups is 2. The van der Waals surface area contributed by atoms with Gasteiger partial charge in [0.2, 0.25) is 0 Å². The fourth-order valence-corrected chi connectivity index (χ4v) is 2.95. The van der Waals surface area contributed by atoms with Crippen molar-refractivity contribution in [1.82, 2.24) is 5.32 Å². The number of alkyl carbamates (subject to hydrolysis) is 1. The summed E-state index contributed by atoms with van der Waals surface area (Å²) in [6.07, 6.45) is -3.40. The number of hydrogen-bond donors (Lipinski definition) is 2. The summed E-state index contributed by atoms with van der Waals surface area (Å²) in [4.78, 5) is 23.5. The van der Waals surface area contributed by atoms with Gasteiger partial charge in [-0.3, -0.25) is 4.79 Å². The molecule has 0 bridgehead atoms. The van der Waals surface area contributed by atoms with Gasteiger partial charge in [0.15, 0.2) is 12.1 Å². The van der Waals surface area contributed by atoms with Crippen LogP contribution in [0.2, 0.25) is 0 Å². The molecule has 0 spiro atoms. The van der Waals surface area contributed by atoms with Crippen molar-refractivity contribution in [2.24, 2.45) is 5.92 Å². The number of carboxylic acids is 1. The standard InChI is InChI=1S/C16H27NO8/c1-15(2,3)25-14(20)17-7-8(12(18)19)9-10(21-6)11-13(22-9)24-16(4,5)23-11/h8-11,13H,7H2,1-6H3,(H,17,20)(H,18,19)/t8?,9-,10+,11-,13-/m1/s1. The quantitative estimate of drug-likeness (QED) is 0.749. The number of carbonyl (C=O) groups excluding carboxylic acids is 1. The number of ether oxygens (including phenoxy) is 5. The van der Waals surface area contributed by atoms with Gasteiger partial charge < -0.3 is 34.1 Å². The molecule has 2 aliphatic rings. The first kappa shape index (κ1) is 19.9. The Labute approximate surface area is 146 Å². The highest BCUT2D eigenvalue weighted by atomic mass is 16.8. The summed E-state index contributed by atoms with van der Waals surface area (Å²) in [6, 6.07) is 0. The van der Waals surface area contributed by atoms with E-state index in [0.717, 1.165) is 0 Å². The number of rotatable bonds is 5. The molecule has 0 aromatic carbocycles. The molecule has 0 aromatic heterocycles. The van der Waals surface area contributed by atoms with Crippen LogP contribution in [-0.4, -0.2) is 66.8 Å². The molecular formula is C16H27NO8. The number of amides is 1. The number of nitrogens with one attached hydrogen (secondary N) is 1. The normalized spacial score (nSPS) is 32.1. The van der Waals surface area contributed by atoms with E-state index in [9.17, 15) is 14.7 Å². The van der Waals surface area contributed by atoms with Crippen molar-refractivity contribution >= 4 is 12.1 Å².